The summed E-state index contributed by atoms with van der Waals surface area (Å²) in [7, 11) is 0. The molecule has 4 rings (SSSR count). The molecular formula is C27H25ClO3. The lowest BCUT2D eigenvalue weighted by Gasteiger charge is -2.19. The Labute approximate surface area is 187 Å². The van der Waals surface area contributed by atoms with E-state index in [1.165, 1.54) is 5.56 Å². The molecule has 0 aliphatic carbocycles. The Hall–Kier alpha value is -3.04. The molecule has 0 saturated carbocycles. The zero-order valence-corrected chi connectivity index (χ0v) is 18.9. The van der Waals surface area contributed by atoms with Crippen molar-refractivity contribution in [2.45, 2.75) is 39.7 Å². The maximum absolute atomic E-state index is 13.4. The molecule has 0 radical (unpaired) electrons. The van der Waals surface area contributed by atoms with E-state index >= 15 is 0 Å². The van der Waals surface area contributed by atoms with Crippen LogP contribution in [0.5, 0.6) is 5.75 Å². The molecule has 158 valence electrons. The fraction of sp³-hybridized carbons (Fsp3) is 0.222. The van der Waals surface area contributed by atoms with Crippen molar-refractivity contribution in [1.29, 1.82) is 0 Å². The van der Waals surface area contributed by atoms with E-state index < -0.39 is 0 Å². The quantitative estimate of drug-likeness (QED) is 0.339. The molecule has 0 bridgehead atoms. The summed E-state index contributed by atoms with van der Waals surface area (Å²) in [6, 6.07) is 21.1. The summed E-state index contributed by atoms with van der Waals surface area (Å²) in [5.74, 6) is 0.621. The van der Waals surface area contributed by atoms with E-state index in [0.717, 1.165) is 16.7 Å². The summed E-state index contributed by atoms with van der Waals surface area (Å²) >= 11 is 6.13. The number of benzene rings is 3. The van der Waals surface area contributed by atoms with Crippen LogP contribution in [0.2, 0.25) is 5.02 Å². The van der Waals surface area contributed by atoms with Crippen molar-refractivity contribution >= 4 is 22.6 Å². The van der Waals surface area contributed by atoms with Crippen LogP contribution in [0.3, 0.4) is 0 Å². The molecular weight excluding hydrogens is 408 g/mol. The first-order valence-electron chi connectivity index (χ1n) is 10.3. The van der Waals surface area contributed by atoms with Crippen molar-refractivity contribution in [1.82, 2.24) is 0 Å². The van der Waals surface area contributed by atoms with E-state index in [4.69, 9.17) is 20.8 Å². The minimum Gasteiger partial charge on any atom is -0.481 e. The van der Waals surface area contributed by atoms with Crippen molar-refractivity contribution < 1.29 is 9.15 Å². The molecule has 0 spiro atoms. The highest BCUT2D eigenvalue weighted by atomic mass is 35.5. The Bertz CT molecular complexity index is 1300. The van der Waals surface area contributed by atoms with Crippen LogP contribution in [0, 0.1) is 6.92 Å². The maximum atomic E-state index is 13.4. The summed E-state index contributed by atoms with van der Waals surface area (Å²) in [5, 5.41) is 0.884. The maximum Gasteiger partial charge on any atom is 0.235 e. The van der Waals surface area contributed by atoms with Crippen LogP contribution in [0.15, 0.2) is 75.9 Å². The minimum absolute atomic E-state index is 0.0314. The first-order chi connectivity index (χ1) is 14.7. The van der Waals surface area contributed by atoms with Crippen molar-refractivity contribution in [2.24, 2.45) is 0 Å². The summed E-state index contributed by atoms with van der Waals surface area (Å²) in [6.07, 6.45) is 0. The zero-order chi connectivity index (χ0) is 22.2. The van der Waals surface area contributed by atoms with E-state index in [1.54, 1.807) is 18.2 Å². The van der Waals surface area contributed by atoms with Crippen LogP contribution in [-0.4, -0.2) is 0 Å². The number of rotatable bonds is 4. The molecule has 0 aliphatic rings. The van der Waals surface area contributed by atoms with Gasteiger partial charge in [0.1, 0.15) is 12.2 Å². The smallest absolute Gasteiger partial charge is 0.235 e. The van der Waals surface area contributed by atoms with E-state index in [1.807, 2.05) is 43.3 Å². The summed E-state index contributed by atoms with van der Waals surface area (Å²) in [5.41, 5.74) is 4.40. The van der Waals surface area contributed by atoms with Crippen LogP contribution >= 0.6 is 11.6 Å². The average molecular weight is 433 g/mol. The molecule has 31 heavy (non-hydrogen) atoms. The highest BCUT2D eigenvalue weighted by Gasteiger charge is 2.20. The van der Waals surface area contributed by atoms with E-state index in [-0.39, 0.29) is 23.2 Å². The van der Waals surface area contributed by atoms with Gasteiger partial charge in [0.2, 0.25) is 11.2 Å². The first-order valence-corrected chi connectivity index (χ1v) is 10.7. The van der Waals surface area contributed by atoms with Gasteiger partial charge in [-0.25, -0.2) is 0 Å². The van der Waals surface area contributed by atoms with Gasteiger partial charge >= 0.3 is 0 Å². The topological polar surface area (TPSA) is 39.4 Å². The standard InChI is InChI=1S/C27H25ClO3/c1-17-7-5-6-8-19(17)16-30-26-24(29)22-15-21(28)13-14-23(22)31-25(26)18-9-11-20(12-10-18)27(2,3)4/h5-15H,16H2,1-4H3. The lowest BCUT2D eigenvalue weighted by molar-refractivity contribution is 0.297. The number of hydrogen-bond acceptors (Lipinski definition) is 3. The molecule has 0 amide bonds. The Morgan fingerprint density at radius 3 is 2.35 bits per heavy atom. The Morgan fingerprint density at radius 2 is 1.68 bits per heavy atom. The monoisotopic (exact) mass is 432 g/mol. The van der Waals surface area contributed by atoms with Crippen LogP contribution in [0.25, 0.3) is 22.3 Å². The Morgan fingerprint density at radius 1 is 0.968 bits per heavy atom. The average Bonchev–Trinajstić information content (AvgIpc) is 2.74. The van der Waals surface area contributed by atoms with Gasteiger partial charge < -0.3 is 9.15 Å². The summed E-state index contributed by atoms with van der Waals surface area (Å²) < 4.78 is 12.3. The second kappa shape index (κ2) is 8.24. The highest BCUT2D eigenvalue weighted by Crippen LogP contribution is 2.34. The second-order valence-electron chi connectivity index (χ2n) is 8.77. The van der Waals surface area contributed by atoms with Gasteiger partial charge in [-0.2, -0.15) is 0 Å². The highest BCUT2D eigenvalue weighted by molar-refractivity contribution is 6.31. The van der Waals surface area contributed by atoms with Gasteiger partial charge in [-0.3, -0.25) is 4.79 Å². The fourth-order valence-electron chi connectivity index (χ4n) is 3.52. The molecule has 4 aromatic rings. The van der Waals surface area contributed by atoms with Gasteiger partial charge in [0.25, 0.3) is 0 Å². The molecule has 0 atom stereocenters. The number of halogens is 1. The van der Waals surface area contributed by atoms with Gasteiger partial charge in [-0.05, 0) is 47.2 Å². The third-order valence-corrected chi connectivity index (χ3v) is 5.69. The third-order valence-electron chi connectivity index (χ3n) is 5.46. The van der Waals surface area contributed by atoms with Crippen molar-refractivity contribution in [3.8, 4) is 17.1 Å². The first kappa shape index (κ1) is 21.2. The van der Waals surface area contributed by atoms with E-state index in [0.29, 0.717) is 21.8 Å². The molecule has 1 heterocycles. The fourth-order valence-corrected chi connectivity index (χ4v) is 3.69. The number of hydrogen-bond donors (Lipinski definition) is 0. The molecule has 0 aliphatic heterocycles. The van der Waals surface area contributed by atoms with Crippen LogP contribution in [0.1, 0.15) is 37.5 Å². The lowest BCUT2D eigenvalue weighted by atomic mass is 9.86. The zero-order valence-electron chi connectivity index (χ0n) is 18.2. The number of aryl methyl sites for hydroxylation is 1. The van der Waals surface area contributed by atoms with E-state index in [9.17, 15) is 4.79 Å². The molecule has 1 aromatic heterocycles. The van der Waals surface area contributed by atoms with Crippen molar-refractivity contribution in [3.05, 3.63) is 98.7 Å². The van der Waals surface area contributed by atoms with E-state index in [2.05, 4.69) is 32.9 Å². The molecule has 0 saturated heterocycles. The molecule has 0 N–H and O–H groups in total. The van der Waals surface area contributed by atoms with Gasteiger partial charge in [-0.1, -0.05) is 80.9 Å². The van der Waals surface area contributed by atoms with Crippen LogP contribution in [-0.2, 0) is 12.0 Å². The summed E-state index contributed by atoms with van der Waals surface area (Å²) in [4.78, 5) is 13.4. The second-order valence-corrected chi connectivity index (χ2v) is 9.21. The molecule has 3 nitrogen and oxygen atoms in total. The SMILES string of the molecule is Cc1ccccc1COc1c(-c2ccc(C(C)(C)C)cc2)oc2ccc(Cl)cc2c1=O. The molecule has 0 fully saturated rings. The van der Waals surface area contributed by atoms with Gasteiger partial charge in [0, 0.05) is 10.6 Å². The van der Waals surface area contributed by atoms with Gasteiger partial charge in [0.15, 0.2) is 5.76 Å². The number of ether oxygens (including phenoxy) is 1. The molecule has 4 heteroatoms. The van der Waals surface area contributed by atoms with Crippen molar-refractivity contribution in [2.75, 3.05) is 0 Å². The van der Waals surface area contributed by atoms with Crippen molar-refractivity contribution in [3.63, 3.8) is 0 Å². The molecule has 3 aromatic carbocycles. The van der Waals surface area contributed by atoms with Crippen LogP contribution in [0.4, 0.5) is 0 Å². The predicted molar refractivity (Wildman–Crippen MR) is 127 cm³/mol. The van der Waals surface area contributed by atoms with Gasteiger partial charge in [-0.15, -0.1) is 0 Å². The minimum atomic E-state index is -0.229. The largest absolute Gasteiger partial charge is 0.481 e. The Kier molecular flexibility index (Phi) is 5.63. The Balaban J connectivity index is 1.84. The third kappa shape index (κ3) is 4.38. The predicted octanol–water partition coefficient (Wildman–Crippen LogP) is 7.30. The van der Waals surface area contributed by atoms with Gasteiger partial charge in [0.05, 0.1) is 5.39 Å². The normalized spacial score (nSPS) is 11.6. The summed E-state index contributed by atoms with van der Waals surface area (Å²) in [6.45, 7) is 8.79. The van der Waals surface area contributed by atoms with Crippen LogP contribution < -0.4 is 10.2 Å². The lowest BCUT2D eigenvalue weighted by Crippen LogP contribution is -2.12. The number of fused-ring (bicyclic) bond motifs is 1. The molecule has 0 unspecified atom stereocenters.